The highest BCUT2D eigenvalue weighted by Crippen LogP contribution is 2.56. The number of hydrogen-bond acceptors (Lipinski definition) is 3. The third kappa shape index (κ3) is 9.65. The van der Waals surface area contributed by atoms with E-state index in [2.05, 4.69) is 373 Å². The molecule has 14 aromatic rings. The van der Waals surface area contributed by atoms with Crippen LogP contribution >= 0.6 is 0 Å². The second-order valence-corrected chi connectivity index (χ2v) is 29.4. The summed E-state index contributed by atoms with van der Waals surface area (Å²) < 4.78 is 2.54. The van der Waals surface area contributed by atoms with Crippen molar-refractivity contribution in [2.45, 2.75) is 78.6 Å². The molecule has 0 N–H and O–H groups in total. The van der Waals surface area contributed by atoms with Crippen LogP contribution in [0.1, 0.15) is 79.0 Å². The average molecular weight is 1220 g/mol. The Labute approximate surface area is 559 Å². The van der Waals surface area contributed by atoms with Crippen LogP contribution < -0.4 is 31.1 Å². The lowest BCUT2D eigenvalue weighted by Crippen LogP contribution is -2.61. The van der Waals surface area contributed by atoms with Gasteiger partial charge in [0.15, 0.2) is 0 Å². The quantitative estimate of drug-likeness (QED) is 0.141. The molecule has 0 radical (unpaired) electrons. The molecule has 0 amide bonds. The Morgan fingerprint density at radius 2 is 0.737 bits per heavy atom. The van der Waals surface area contributed by atoms with E-state index in [9.17, 15) is 0 Å². The molecule has 4 nitrogen and oxygen atoms in total. The highest BCUT2D eigenvalue weighted by atomic mass is 15.2. The average Bonchev–Trinajstić information content (AvgIpc) is 1.37. The van der Waals surface area contributed by atoms with Gasteiger partial charge in [-0.15, -0.1) is 0 Å². The van der Waals surface area contributed by atoms with Gasteiger partial charge in [-0.05, 0) is 197 Å². The van der Waals surface area contributed by atoms with Gasteiger partial charge in [0.25, 0.3) is 6.71 Å². The van der Waals surface area contributed by atoms with E-state index in [0.29, 0.717) is 0 Å². The molecule has 95 heavy (non-hydrogen) atoms. The number of para-hydroxylation sites is 2. The van der Waals surface area contributed by atoms with Gasteiger partial charge in [0.2, 0.25) is 0 Å². The van der Waals surface area contributed by atoms with Crippen molar-refractivity contribution >= 4 is 96.1 Å². The van der Waals surface area contributed by atoms with E-state index >= 15 is 0 Å². The molecule has 0 bridgehead atoms. The normalized spacial score (nSPS) is 13.0. The highest BCUT2D eigenvalue weighted by Gasteiger charge is 2.47. The SMILES string of the molecule is CC(C)(C)c1ccc(-c2ccc(N3c4cc(-n5c6ccc(C(C)(C)C)cc6c6cc(C(C)(C)C)ccc65)ccc4B4c5cc(-c6ccccc6)cc6c5N(c5ccc(-c7ccccc7)cc5-c5ccccc5-6)c5cc(N(c6ccccc6)c6ccccc6)cc3c54)cc2)cc1. The van der Waals surface area contributed by atoms with Gasteiger partial charge in [0.05, 0.1) is 22.4 Å². The minimum absolute atomic E-state index is 0.0371. The zero-order valence-corrected chi connectivity index (χ0v) is 55.6. The van der Waals surface area contributed by atoms with Crippen molar-refractivity contribution in [3.63, 3.8) is 0 Å². The Morgan fingerprint density at radius 3 is 1.29 bits per heavy atom. The molecule has 5 heteroatoms. The van der Waals surface area contributed by atoms with E-state index < -0.39 is 0 Å². The van der Waals surface area contributed by atoms with E-state index in [4.69, 9.17) is 0 Å². The second kappa shape index (κ2) is 21.9. The largest absolute Gasteiger partial charge is 0.311 e. The number of benzene rings is 13. The molecule has 0 saturated carbocycles. The van der Waals surface area contributed by atoms with Crippen molar-refractivity contribution in [2.75, 3.05) is 14.7 Å². The molecule has 0 atom stereocenters. The van der Waals surface area contributed by atoms with Gasteiger partial charge >= 0.3 is 0 Å². The highest BCUT2D eigenvalue weighted by molar-refractivity contribution is 7.00. The van der Waals surface area contributed by atoms with Crippen molar-refractivity contribution in [1.82, 2.24) is 4.57 Å². The Hall–Kier alpha value is -10.9. The Bertz CT molecular complexity index is 5230. The smallest absolute Gasteiger partial charge is 0.252 e. The summed E-state index contributed by atoms with van der Waals surface area (Å²) >= 11 is 0. The van der Waals surface area contributed by atoms with E-state index in [-0.39, 0.29) is 23.0 Å². The molecule has 13 aromatic carbocycles. The standard InChI is InChI=1S/C90H75BN4/c1-88(2,3)64-39-34-60(35-40-64)61-36-43-69(44-37-61)93-83-55-70(94-80-48-41-65(89(4,5)6)53-75(80)76-54-66(90(7,8)9)42-49-81(76)94)45-46-78(83)91-79-52-63(59-26-16-11-17-27-59)51-77-73-33-23-22-32-72(73)74-50-62(58-24-14-10-15-25-58)38-47-82(74)95(87(77)79)85-57-71(56-84(93)86(85)91)92(67-28-18-12-19-29-67)68-30-20-13-21-31-68/h10-57H,1-9H3. The third-order valence-corrected chi connectivity index (χ3v) is 20.3. The van der Waals surface area contributed by atoms with E-state index in [1.54, 1.807) is 0 Å². The number of nitrogens with zero attached hydrogens (tertiary/aromatic N) is 4. The summed E-state index contributed by atoms with van der Waals surface area (Å²) in [6, 6.07) is 111. The summed E-state index contributed by atoms with van der Waals surface area (Å²) in [5.41, 5.74) is 33.1. The minimum Gasteiger partial charge on any atom is -0.311 e. The van der Waals surface area contributed by atoms with Crippen LogP contribution in [-0.4, -0.2) is 11.3 Å². The van der Waals surface area contributed by atoms with Crippen LogP contribution in [0.25, 0.3) is 83.1 Å². The van der Waals surface area contributed by atoms with Gasteiger partial charge < -0.3 is 19.3 Å². The summed E-state index contributed by atoms with van der Waals surface area (Å²) in [6.07, 6.45) is 0. The molecule has 1 aromatic heterocycles. The summed E-state index contributed by atoms with van der Waals surface area (Å²) in [4.78, 5) is 7.73. The molecular weight excluding hydrogens is 1150 g/mol. The van der Waals surface area contributed by atoms with Gasteiger partial charge in [-0.2, -0.15) is 0 Å². The van der Waals surface area contributed by atoms with Crippen molar-refractivity contribution in [2.24, 2.45) is 0 Å². The lowest BCUT2D eigenvalue weighted by molar-refractivity contribution is 0.590. The predicted molar refractivity (Wildman–Crippen MR) is 406 cm³/mol. The van der Waals surface area contributed by atoms with Crippen LogP contribution in [0.3, 0.4) is 0 Å². The fourth-order valence-electron chi connectivity index (χ4n) is 15.4. The van der Waals surface area contributed by atoms with E-state index in [1.165, 1.54) is 116 Å². The molecule has 3 aliphatic rings. The van der Waals surface area contributed by atoms with E-state index in [0.717, 1.165) is 51.2 Å². The Morgan fingerprint density at radius 1 is 0.284 bits per heavy atom. The number of hydrogen-bond donors (Lipinski definition) is 0. The molecule has 3 aliphatic heterocycles. The second-order valence-electron chi connectivity index (χ2n) is 29.4. The van der Waals surface area contributed by atoms with Gasteiger partial charge in [-0.3, -0.25) is 0 Å². The van der Waals surface area contributed by atoms with Crippen molar-refractivity contribution in [3.05, 3.63) is 308 Å². The summed E-state index contributed by atoms with van der Waals surface area (Å²) in [5, 5.41) is 2.54. The molecule has 17 rings (SSSR count). The molecule has 0 spiro atoms. The van der Waals surface area contributed by atoms with Gasteiger partial charge in [-0.25, -0.2) is 0 Å². The number of aromatic nitrogens is 1. The Kier molecular flexibility index (Phi) is 13.3. The molecule has 0 saturated heterocycles. The van der Waals surface area contributed by atoms with Crippen LogP contribution in [0.4, 0.5) is 51.2 Å². The van der Waals surface area contributed by atoms with Gasteiger partial charge in [0.1, 0.15) is 0 Å². The summed E-state index contributed by atoms with van der Waals surface area (Å²) in [6.45, 7) is 20.6. The maximum Gasteiger partial charge on any atom is 0.252 e. The van der Waals surface area contributed by atoms with Crippen LogP contribution in [0.15, 0.2) is 291 Å². The van der Waals surface area contributed by atoms with Gasteiger partial charge in [-0.1, -0.05) is 250 Å². The summed E-state index contributed by atoms with van der Waals surface area (Å²) in [5.74, 6) is 0. The molecular formula is C90H75BN4. The van der Waals surface area contributed by atoms with Crippen LogP contribution in [0, 0.1) is 0 Å². The first-order valence-electron chi connectivity index (χ1n) is 33.7. The summed E-state index contributed by atoms with van der Waals surface area (Å²) in [7, 11) is 0. The zero-order valence-electron chi connectivity index (χ0n) is 55.6. The molecule has 458 valence electrons. The number of fused-ring (bicyclic) bond motifs is 12. The van der Waals surface area contributed by atoms with Crippen LogP contribution in [-0.2, 0) is 16.2 Å². The zero-order chi connectivity index (χ0) is 64.6. The topological polar surface area (TPSA) is 14.7 Å². The first-order chi connectivity index (χ1) is 46.0. The maximum absolute atomic E-state index is 2.66. The molecule has 4 heterocycles. The Balaban J connectivity index is 1.00. The monoisotopic (exact) mass is 1220 g/mol. The predicted octanol–water partition coefficient (Wildman–Crippen LogP) is 22.9. The third-order valence-electron chi connectivity index (χ3n) is 20.3. The lowest BCUT2D eigenvalue weighted by atomic mass is 9.33. The van der Waals surface area contributed by atoms with Crippen molar-refractivity contribution in [3.8, 4) is 61.3 Å². The maximum atomic E-state index is 2.66. The lowest BCUT2D eigenvalue weighted by Gasteiger charge is -2.45. The number of anilines is 9. The molecule has 0 fully saturated rings. The fraction of sp³-hybridized carbons (Fsp3) is 0.133. The van der Waals surface area contributed by atoms with Gasteiger partial charge in [0, 0.05) is 67.4 Å². The number of rotatable bonds is 8. The molecule has 0 aliphatic carbocycles. The first-order valence-corrected chi connectivity index (χ1v) is 33.7. The van der Waals surface area contributed by atoms with Crippen molar-refractivity contribution < 1.29 is 0 Å². The van der Waals surface area contributed by atoms with Crippen LogP contribution in [0.5, 0.6) is 0 Å². The fourth-order valence-corrected chi connectivity index (χ4v) is 15.4. The van der Waals surface area contributed by atoms with E-state index in [1.807, 2.05) is 0 Å². The van der Waals surface area contributed by atoms with Crippen molar-refractivity contribution in [1.29, 1.82) is 0 Å². The molecule has 0 unspecified atom stereocenters. The first kappa shape index (κ1) is 58.0. The van der Waals surface area contributed by atoms with Crippen LogP contribution in [0.2, 0.25) is 0 Å². The minimum atomic E-state index is -0.204.